The number of benzene rings is 3. The van der Waals surface area contributed by atoms with Crippen molar-refractivity contribution in [2.24, 2.45) is 0 Å². The largest absolute Gasteiger partial charge is 0.449 e. The molecule has 1 amide bonds. The standard InChI is InChI=1S/C26H26N2O3/c1-17-9-8-13-22(18(17)2)27-23-12-6-5-11-21(23)26(30)31-19(3)25(29)28-16-15-20-10-4-7-14-24(20)28/h4-14,19,27H,15-16H2,1-3H3/t19-/m0/s1. The molecule has 0 fully saturated rings. The molecule has 0 saturated heterocycles. The molecule has 0 aromatic heterocycles. The van der Waals surface area contributed by atoms with E-state index in [0.29, 0.717) is 17.8 Å². The number of anilines is 3. The zero-order valence-corrected chi connectivity index (χ0v) is 18.0. The maximum absolute atomic E-state index is 13.0. The van der Waals surface area contributed by atoms with E-state index in [9.17, 15) is 9.59 Å². The summed E-state index contributed by atoms with van der Waals surface area (Å²) < 4.78 is 5.59. The van der Waals surface area contributed by atoms with E-state index in [1.54, 1.807) is 24.0 Å². The van der Waals surface area contributed by atoms with E-state index in [1.807, 2.05) is 68.4 Å². The van der Waals surface area contributed by atoms with Gasteiger partial charge in [0.1, 0.15) is 0 Å². The second-order valence-corrected chi connectivity index (χ2v) is 7.83. The third kappa shape index (κ3) is 4.17. The number of hydrogen-bond donors (Lipinski definition) is 1. The average Bonchev–Trinajstić information content (AvgIpc) is 3.21. The van der Waals surface area contributed by atoms with E-state index >= 15 is 0 Å². The predicted octanol–water partition coefficient (Wildman–Crippen LogP) is 5.18. The molecular weight excluding hydrogens is 388 g/mol. The van der Waals surface area contributed by atoms with Crippen LogP contribution in [0.3, 0.4) is 0 Å². The van der Waals surface area contributed by atoms with Gasteiger partial charge in [0.05, 0.1) is 11.3 Å². The molecule has 1 heterocycles. The van der Waals surface area contributed by atoms with Crippen molar-refractivity contribution in [2.75, 3.05) is 16.8 Å². The third-order valence-electron chi connectivity index (χ3n) is 5.81. The van der Waals surface area contributed by atoms with E-state index in [2.05, 4.69) is 5.32 Å². The van der Waals surface area contributed by atoms with Crippen LogP contribution < -0.4 is 10.2 Å². The summed E-state index contributed by atoms with van der Waals surface area (Å²) in [6.45, 7) is 6.31. The molecule has 1 N–H and O–H groups in total. The number of carbonyl (C=O) groups is 2. The van der Waals surface area contributed by atoms with E-state index in [1.165, 1.54) is 0 Å². The molecule has 158 valence electrons. The number of ether oxygens (including phenoxy) is 1. The number of para-hydroxylation sites is 2. The topological polar surface area (TPSA) is 58.6 Å². The molecule has 5 heteroatoms. The quantitative estimate of drug-likeness (QED) is 0.585. The fraction of sp³-hybridized carbons (Fsp3) is 0.231. The molecule has 0 spiro atoms. The first-order valence-electron chi connectivity index (χ1n) is 10.5. The average molecular weight is 415 g/mol. The van der Waals surface area contributed by atoms with Crippen LogP contribution in [0.4, 0.5) is 17.1 Å². The van der Waals surface area contributed by atoms with Crippen LogP contribution in [0.15, 0.2) is 66.7 Å². The Balaban J connectivity index is 1.50. The van der Waals surface area contributed by atoms with Crippen LogP contribution in [0.5, 0.6) is 0 Å². The van der Waals surface area contributed by atoms with Crippen molar-refractivity contribution >= 4 is 28.9 Å². The van der Waals surface area contributed by atoms with Crippen LogP contribution in [0.1, 0.15) is 34.0 Å². The maximum Gasteiger partial charge on any atom is 0.341 e. The van der Waals surface area contributed by atoms with Gasteiger partial charge < -0.3 is 15.0 Å². The molecule has 3 aromatic rings. The Labute approximate surface area is 182 Å². The van der Waals surface area contributed by atoms with Gasteiger partial charge in [-0.1, -0.05) is 42.5 Å². The van der Waals surface area contributed by atoms with Crippen molar-refractivity contribution < 1.29 is 14.3 Å². The lowest BCUT2D eigenvalue weighted by Crippen LogP contribution is -2.39. The molecule has 0 aliphatic carbocycles. The Kier molecular flexibility index (Phi) is 5.76. The lowest BCUT2D eigenvalue weighted by atomic mass is 10.1. The van der Waals surface area contributed by atoms with Crippen LogP contribution in [0.2, 0.25) is 0 Å². The number of carbonyl (C=O) groups excluding carboxylic acids is 2. The first-order chi connectivity index (χ1) is 15.0. The summed E-state index contributed by atoms with van der Waals surface area (Å²) in [6.07, 6.45) is -0.0713. The Hall–Kier alpha value is -3.60. The minimum absolute atomic E-state index is 0.210. The molecule has 0 radical (unpaired) electrons. The number of amides is 1. The summed E-state index contributed by atoms with van der Waals surface area (Å²) in [5.74, 6) is -0.736. The number of fused-ring (bicyclic) bond motifs is 1. The Morgan fingerprint density at radius 1 is 0.935 bits per heavy atom. The molecule has 0 unspecified atom stereocenters. The van der Waals surface area contributed by atoms with Crippen molar-refractivity contribution in [3.8, 4) is 0 Å². The minimum atomic E-state index is -0.882. The van der Waals surface area contributed by atoms with Gasteiger partial charge in [-0.2, -0.15) is 0 Å². The van der Waals surface area contributed by atoms with Crippen molar-refractivity contribution in [3.05, 3.63) is 89.0 Å². The Morgan fingerprint density at radius 3 is 2.48 bits per heavy atom. The van der Waals surface area contributed by atoms with Gasteiger partial charge in [-0.25, -0.2) is 4.79 Å². The Morgan fingerprint density at radius 2 is 1.65 bits per heavy atom. The fourth-order valence-electron chi connectivity index (χ4n) is 3.86. The lowest BCUT2D eigenvalue weighted by Gasteiger charge is -2.22. The normalized spacial score (nSPS) is 13.5. The van der Waals surface area contributed by atoms with E-state index in [-0.39, 0.29) is 5.91 Å². The van der Waals surface area contributed by atoms with Gasteiger partial charge in [-0.05, 0) is 68.1 Å². The molecule has 1 atom stereocenters. The summed E-state index contributed by atoms with van der Waals surface area (Å²) in [7, 11) is 0. The molecule has 5 nitrogen and oxygen atoms in total. The predicted molar refractivity (Wildman–Crippen MR) is 123 cm³/mol. The van der Waals surface area contributed by atoms with Gasteiger partial charge in [-0.15, -0.1) is 0 Å². The molecular formula is C26H26N2O3. The van der Waals surface area contributed by atoms with Crippen molar-refractivity contribution in [3.63, 3.8) is 0 Å². The lowest BCUT2D eigenvalue weighted by molar-refractivity contribution is -0.126. The zero-order chi connectivity index (χ0) is 22.0. The van der Waals surface area contributed by atoms with Crippen LogP contribution in [0.25, 0.3) is 0 Å². The summed E-state index contributed by atoms with van der Waals surface area (Å²) in [5, 5.41) is 3.34. The maximum atomic E-state index is 13.0. The number of aryl methyl sites for hydroxylation is 1. The highest BCUT2D eigenvalue weighted by atomic mass is 16.5. The van der Waals surface area contributed by atoms with Gasteiger partial charge in [-0.3, -0.25) is 4.79 Å². The summed E-state index contributed by atoms with van der Waals surface area (Å²) >= 11 is 0. The van der Waals surface area contributed by atoms with Crippen LogP contribution >= 0.6 is 0 Å². The highest BCUT2D eigenvalue weighted by molar-refractivity contribution is 6.02. The second kappa shape index (κ2) is 8.64. The summed E-state index contributed by atoms with van der Waals surface area (Å²) in [4.78, 5) is 27.6. The van der Waals surface area contributed by atoms with Gasteiger partial charge in [0.15, 0.2) is 6.10 Å². The highest BCUT2D eigenvalue weighted by Gasteiger charge is 2.30. The van der Waals surface area contributed by atoms with Gasteiger partial charge >= 0.3 is 5.97 Å². The molecule has 0 bridgehead atoms. The number of esters is 1. The van der Waals surface area contributed by atoms with Crippen LogP contribution in [-0.4, -0.2) is 24.5 Å². The molecule has 3 aromatic carbocycles. The van der Waals surface area contributed by atoms with E-state index in [4.69, 9.17) is 4.74 Å². The molecule has 1 aliphatic heterocycles. The third-order valence-corrected chi connectivity index (χ3v) is 5.81. The van der Waals surface area contributed by atoms with E-state index in [0.717, 1.165) is 34.5 Å². The van der Waals surface area contributed by atoms with Crippen LogP contribution in [-0.2, 0) is 16.0 Å². The van der Waals surface area contributed by atoms with Crippen molar-refractivity contribution in [1.82, 2.24) is 0 Å². The molecule has 0 saturated carbocycles. The van der Waals surface area contributed by atoms with Gasteiger partial charge in [0.25, 0.3) is 5.91 Å². The molecule has 4 rings (SSSR count). The number of nitrogens with zero attached hydrogens (tertiary/aromatic N) is 1. The Bertz CT molecular complexity index is 1140. The van der Waals surface area contributed by atoms with Gasteiger partial charge in [0.2, 0.25) is 0 Å². The van der Waals surface area contributed by atoms with Gasteiger partial charge in [0, 0.05) is 17.9 Å². The number of nitrogens with one attached hydrogen (secondary N) is 1. The smallest absolute Gasteiger partial charge is 0.341 e. The monoisotopic (exact) mass is 414 g/mol. The molecule has 31 heavy (non-hydrogen) atoms. The summed E-state index contributed by atoms with van der Waals surface area (Å²) in [5.41, 5.74) is 6.28. The first kappa shape index (κ1) is 20.7. The molecule has 1 aliphatic rings. The summed E-state index contributed by atoms with van der Waals surface area (Å²) in [6, 6.07) is 21.0. The zero-order valence-electron chi connectivity index (χ0n) is 18.0. The van der Waals surface area contributed by atoms with Crippen molar-refractivity contribution in [2.45, 2.75) is 33.3 Å². The number of rotatable bonds is 5. The second-order valence-electron chi connectivity index (χ2n) is 7.83. The minimum Gasteiger partial charge on any atom is -0.449 e. The first-order valence-corrected chi connectivity index (χ1v) is 10.5. The van der Waals surface area contributed by atoms with E-state index < -0.39 is 12.1 Å². The highest BCUT2D eigenvalue weighted by Crippen LogP contribution is 2.29. The number of hydrogen-bond acceptors (Lipinski definition) is 4. The fourth-order valence-corrected chi connectivity index (χ4v) is 3.86. The van der Waals surface area contributed by atoms with Crippen molar-refractivity contribution in [1.29, 1.82) is 0 Å². The van der Waals surface area contributed by atoms with Crippen LogP contribution in [0, 0.1) is 13.8 Å². The SMILES string of the molecule is Cc1cccc(Nc2ccccc2C(=O)O[C@@H](C)C(=O)N2CCc3ccccc32)c1C.